The highest BCUT2D eigenvalue weighted by Crippen LogP contribution is 2.18. The Bertz CT molecular complexity index is 1390. The molecule has 0 aliphatic carbocycles. The molecule has 2 aromatic carbocycles. The van der Waals surface area contributed by atoms with Crippen molar-refractivity contribution < 1.29 is 9.53 Å². The zero-order chi connectivity index (χ0) is 24.9. The lowest BCUT2D eigenvalue weighted by molar-refractivity contribution is 0.0761. The number of aryl methyl sites for hydroxylation is 1. The minimum atomic E-state index is 0.0532. The Hall–Kier alpha value is -4.15. The fraction of sp³-hybridized carbons (Fsp3) is 0.276. The summed E-state index contributed by atoms with van der Waals surface area (Å²) in [4.78, 5) is 22.0. The number of ether oxygens (including phenoxy) is 1. The van der Waals surface area contributed by atoms with Crippen molar-refractivity contribution in [1.29, 1.82) is 5.26 Å². The van der Waals surface area contributed by atoms with Crippen molar-refractivity contribution in [2.24, 2.45) is 0 Å². The molecule has 1 fully saturated rings. The SMILES string of the molecule is Cc1ccc2nc(COc3ccc(C(=O)N4CCCN(Cc5ccc(C#N)cc5)CC4)cc3)cn2c1. The van der Waals surface area contributed by atoms with Crippen LogP contribution in [0.2, 0.25) is 0 Å². The van der Waals surface area contributed by atoms with Crippen molar-refractivity contribution in [3.63, 3.8) is 0 Å². The highest BCUT2D eigenvalue weighted by atomic mass is 16.5. The first-order valence-electron chi connectivity index (χ1n) is 12.3. The number of carbonyl (C=O) groups excluding carboxylic acids is 1. The number of fused-ring (bicyclic) bond motifs is 1. The Morgan fingerprint density at radius 1 is 0.972 bits per heavy atom. The van der Waals surface area contributed by atoms with Gasteiger partial charge in [0.25, 0.3) is 5.91 Å². The summed E-state index contributed by atoms with van der Waals surface area (Å²) in [6, 6.07) is 21.3. The van der Waals surface area contributed by atoms with Crippen LogP contribution in [0.25, 0.3) is 5.65 Å². The first-order valence-corrected chi connectivity index (χ1v) is 12.3. The molecule has 4 aromatic rings. The van der Waals surface area contributed by atoms with Crippen molar-refractivity contribution in [2.45, 2.75) is 26.5 Å². The molecule has 0 spiro atoms. The first-order chi connectivity index (χ1) is 17.6. The minimum Gasteiger partial charge on any atom is -0.487 e. The quantitative estimate of drug-likeness (QED) is 0.409. The van der Waals surface area contributed by atoms with Crippen molar-refractivity contribution >= 4 is 11.6 Å². The van der Waals surface area contributed by atoms with Gasteiger partial charge in [-0.2, -0.15) is 5.26 Å². The number of amides is 1. The molecule has 36 heavy (non-hydrogen) atoms. The molecule has 0 atom stereocenters. The number of hydrogen-bond donors (Lipinski definition) is 0. The smallest absolute Gasteiger partial charge is 0.253 e. The van der Waals surface area contributed by atoms with E-state index in [4.69, 9.17) is 10.00 Å². The molecule has 1 aliphatic heterocycles. The Balaban J connectivity index is 1.14. The summed E-state index contributed by atoms with van der Waals surface area (Å²) in [5, 5.41) is 8.98. The topological polar surface area (TPSA) is 73.9 Å². The predicted molar refractivity (Wildman–Crippen MR) is 138 cm³/mol. The fourth-order valence-corrected chi connectivity index (χ4v) is 4.53. The van der Waals surface area contributed by atoms with Crippen LogP contribution in [0.15, 0.2) is 73.1 Å². The average molecular weight is 480 g/mol. The molecule has 2 aromatic heterocycles. The Labute approximate surface area is 211 Å². The van der Waals surface area contributed by atoms with Crippen LogP contribution < -0.4 is 4.74 Å². The minimum absolute atomic E-state index is 0.0532. The van der Waals surface area contributed by atoms with Gasteiger partial charge < -0.3 is 14.0 Å². The van der Waals surface area contributed by atoms with Crippen LogP contribution in [0.1, 0.15) is 39.2 Å². The molecule has 0 radical (unpaired) electrons. The number of carbonyl (C=O) groups is 1. The lowest BCUT2D eigenvalue weighted by Gasteiger charge is -2.22. The molecular weight excluding hydrogens is 450 g/mol. The zero-order valence-corrected chi connectivity index (χ0v) is 20.4. The molecule has 3 heterocycles. The standard InChI is InChI=1S/C29H29N5O2/c1-22-3-12-28-31-26(20-34(28)18-22)21-36-27-10-8-25(9-11-27)29(35)33-14-2-13-32(15-16-33)19-24-6-4-23(17-30)5-7-24/h3-12,18,20H,2,13-16,19,21H2,1H3. The van der Waals surface area contributed by atoms with E-state index in [1.807, 2.05) is 82.4 Å². The first kappa shape index (κ1) is 23.6. The van der Waals surface area contributed by atoms with Gasteiger partial charge in [0.1, 0.15) is 18.0 Å². The maximum atomic E-state index is 13.1. The van der Waals surface area contributed by atoms with Gasteiger partial charge in [0.2, 0.25) is 0 Å². The van der Waals surface area contributed by atoms with Crippen LogP contribution in [-0.4, -0.2) is 51.3 Å². The fourth-order valence-electron chi connectivity index (χ4n) is 4.53. The molecule has 182 valence electrons. The number of aromatic nitrogens is 2. The summed E-state index contributed by atoms with van der Waals surface area (Å²) in [6.45, 7) is 6.46. The van der Waals surface area contributed by atoms with Gasteiger partial charge in [-0.05, 0) is 66.9 Å². The van der Waals surface area contributed by atoms with E-state index in [1.165, 1.54) is 11.1 Å². The van der Waals surface area contributed by atoms with Crippen LogP contribution in [-0.2, 0) is 13.2 Å². The Morgan fingerprint density at radius 2 is 1.78 bits per heavy atom. The molecule has 7 nitrogen and oxygen atoms in total. The van der Waals surface area contributed by atoms with E-state index in [1.54, 1.807) is 0 Å². The summed E-state index contributed by atoms with van der Waals surface area (Å²) >= 11 is 0. The van der Waals surface area contributed by atoms with E-state index in [9.17, 15) is 4.79 Å². The third-order valence-corrected chi connectivity index (χ3v) is 6.50. The maximum absolute atomic E-state index is 13.1. The monoisotopic (exact) mass is 479 g/mol. The summed E-state index contributed by atoms with van der Waals surface area (Å²) < 4.78 is 7.91. The zero-order valence-electron chi connectivity index (χ0n) is 20.4. The number of pyridine rings is 1. The normalized spacial score (nSPS) is 14.4. The van der Waals surface area contributed by atoms with Gasteiger partial charge in [-0.3, -0.25) is 9.69 Å². The van der Waals surface area contributed by atoms with Gasteiger partial charge in [-0.1, -0.05) is 18.2 Å². The molecule has 1 saturated heterocycles. The van der Waals surface area contributed by atoms with E-state index < -0.39 is 0 Å². The molecule has 0 unspecified atom stereocenters. The lowest BCUT2D eigenvalue weighted by atomic mass is 10.1. The molecule has 1 aliphatic rings. The van der Waals surface area contributed by atoms with Gasteiger partial charge in [0.05, 0.1) is 17.3 Å². The molecule has 1 amide bonds. The van der Waals surface area contributed by atoms with Crippen LogP contribution in [0, 0.1) is 18.3 Å². The molecule has 5 rings (SSSR count). The largest absolute Gasteiger partial charge is 0.487 e. The van der Waals surface area contributed by atoms with E-state index >= 15 is 0 Å². The summed E-state index contributed by atoms with van der Waals surface area (Å²) in [7, 11) is 0. The predicted octanol–water partition coefficient (Wildman–Crippen LogP) is 4.44. The molecular formula is C29H29N5O2. The molecule has 0 saturated carbocycles. The number of rotatable bonds is 6. The third-order valence-electron chi connectivity index (χ3n) is 6.50. The summed E-state index contributed by atoms with van der Waals surface area (Å²) in [6.07, 6.45) is 4.95. The van der Waals surface area contributed by atoms with Crippen molar-refractivity contribution in [3.8, 4) is 11.8 Å². The number of benzene rings is 2. The maximum Gasteiger partial charge on any atom is 0.253 e. The van der Waals surface area contributed by atoms with E-state index in [-0.39, 0.29) is 5.91 Å². The number of nitrogens with zero attached hydrogens (tertiary/aromatic N) is 5. The van der Waals surface area contributed by atoms with Gasteiger partial charge >= 0.3 is 0 Å². The number of nitriles is 1. The third kappa shape index (κ3) is 5.56. The van der Waals surface area contributed by atoms with Crippen LogP contribution >= 0.6 is 0 Å². The van der Waals surface area contributed by atoms with E-state index in [2.05, 4.69) is 22.9 Å². The Morgan fingerprint density at radius 3 is 2.56 bits per heavy atom. The second-order valence-electron chi connectivity index (χ2n) is 9.25. The van der Waals surface area contributed by atoms with Gasteiger partial charge in [0, 0.05) is 50.7 Å². The van der Waals surface area contributed by atoms with E-state index in [0.29, 0.717) is 30.0 Å². The second-order valence-corrected chi connectivity index (χ2v) is 9.25. The highest BCUT2D eigenvalue weighted by molar-refractivity contribution is 5.94. The van der Waals surface area contributed by atoms with Crippen LogP contribution in [0.4, 0.5) is 0 Å². The summed E-state index contributed by atoms with van der Waals surface area (Å²) in [5.41, 5.74) is 5.46. The van der Waals surface area contributed by atoms with E-state index in [0.717, 1.165) is 43.9 Å². The molecule has 0 N–H and O–H groups in total. The van der Waals surface area contributed by atoms with Gasteiger partial charge in [-0.15, -0.1) is 0 Å². The molecule has 7 heteroatoms. The Kier molecular flexibility index (Phi) is 6.96. The van der Waals surface area contributed by atoms with Crippen molar-refractivity contribution in [3.05, 3.63) is 101 Å². The lowest BCUT2D eigenvalue weighted by Crippen LogP contribution is -2.35. The van der Waals surface area contributed by atoms with Gasteiger partial charge in [-0.25, -0.2) is 4.98 Å². The number of imidazole rings is 1. The van der Waals surface area contributed by atoms with Crippen LogP contribution in [0.3, 0.4) is 0 Å². The summed E-state index contributed by atoms with van der Waals surface area (Å²) in [5.74, 6) is 0.765. The van der Waals surface area contributed by atoms with Crippen molar-refractivity contribution in [1.82, 2.24) is 19.2 Å². The second kappa shape index (κ2) is 10.6. The highest BCUT2D eigenvalue weighted by Gasteiger charge is 2.20. The van der Waals surface area contributed by atoms with Gasteiger partial charge in [0.15, 0.2) is 0 Å². The van der Waals surface area contributed by atoms with Crippen LogP contribution in [0.5, 0.6) is 5.75 Å². The van der Waals surface area contributed by atoms with Crippen molar-refractivity contribution in [2.75, 3.05) is 26.2 Å². The number of hydrogen-bond acceptors (Lipinski definition) is 5. The average Bonchev–Trinajstić information content (AvgIpc) is 3.16. The molecule has 0 bridgehead atoms.